The average molecular weight is 469 g/mol. The van der Waals surface area contributed by atoms with Crippen molar-refractivity contribution in [2.75, 3.05) is 36.9 Å². The van der Waals surface area contributed by atoms with Crippen molar-refractivity contribution in [3.8, 4) is 0 Å². The van der Waals surface area contributed by atoms with Crippen LogP contribution >= 0.6 is 11.6 Å². The van der Waals surface area contributed by atoms with Gasteiger partial charge in [0.15, 0.2) is 5.76 Å². The molecule has 4 rings (SSSR count). The summed E-state index contributed by atoms with van der Waals surface area (Å²) in [6, 6.07) is 17.9. The van der Waals surface area contributed by atoms with Gasteiger partial charge in [0.25, 0.3) is 5.91 Å². The second-order valence-corrected chi connectivity index (χ2v) is 8.08. The average Bonchev–Trinajstić information content (AvgIpc) is 3.36. The zero-order valence-electron chi connectivity index (χ0n) is 17.9. The molecule has 1 aliphatic heterocycles. The van der Waals surface area contributed by atoms with E-state index < -0.39 is 5.91 Å². The number of urea groups is 1. The first-order valence-corrected chi connectivity index (χ1v) is 11.0. The van der Waals surface area contributed by atoms with Gasteiger partial charge in [-0.25, -0.2) is 4.79 Å². The summed E-state index contributed by atoms with van der Waals surface area (Å²) in [5.74, 6) is -0.228. The third kappa shape index (κ3) is 6.58. The highest BCUT2D eigenvalue weighted by Gasteiger charge is 2.21. The number of nitrogens with one attached hydrogen (secondary N) is 3. The van der Waals surface area contributed by atoms with Gasteiger partial charge in [-0.05, 0) is 35.9 Å². The molecule has 3 aromatic rings. The van der Waals surface area contributed by atoms with Crippen molar-refractivity contribution >= 4 is 34.9 Å². The first-order chi connectivity index (χ1) is 16.1. The molecule has 1 aliphatic rings. The van der Waals surface area contributed by atoms with Crippen LogP contribution in [-0.4, -0.2) is 49.2 Å². The summed E-state index contributed by atoms with van der Waals surface area (Å²) < 4.78 is 10.9. The van der Waals surface area contributed by atoms with Crippen LogP contribution in [0.2, 0.25) is 5.02 Å². The summed E-state index contributed by atoms with van der Waals surface area (Å²) >= 11 is 6.26. The van der Waals surface area contributed by atoms with E-state index in [2.05, 4.69) is 33.0 Å². The van der Waals surface area contributed by atoms with Gasteiger partial charge in [0.2, 0.25) is 0 Å². The summed E-state index contributed by atoms with van der Waals surface area (Å²) in [5, 5.41) is 8.55. The predicted molar refractivity (Wildman–Crippen MR) is 127 cm³/mol. The van der Waals surface area contributed by atoms with E-state index in [0.29, 0.717) is 29.5 Å². The molecule has 3 N–H and O–H groups in total. The quantitative estimate of drug-likeness (QED) is 0.482. The largest absolute Gasteiger partial charge is 0.459 e. The standard InChI is InChI=1S/C24H25ClN4O4/c25-20-13-18(8-9-21(20)28-23(30)22-7-4-11-33-22)27-24(31)26-14-19-16-29(10-12-32-19)15-17-5-2-1-3-6-17/h1-9,11,13,19H,10,12,14-16H2,(H,28,30)(H2,26,27,31). The van der Waals surface area contributed by atoms with Gasteiger partial charge in [-0.2, -0.15) is 0 Å². The van der Waals surface area contributed by atoms with E-state index in [1.54, 1.807) is 30.3 Å². The second-order valence-electron chi connectivity index (χ2n) is 7.67. The maximum atomic E-state index is 12.3. The fraction of sp³-hybridized carbons (Fsp3) is 0.250. The van der Waals surface area contributed by atoms with Crippen LogP contribution in [0.4, 0.5) is 16.2 Å². The Bertz CT molecular complexity index is 1080. The van der Waals surface area contributed by atoms with E-state index in [0.717, 1.165) is 19.6 Å². The summed E-state index contributed by atoms with van der Waals surface area (Å²) in [4.78, 5) is 26.8. The van der Waals surface area contributed by atoms with E-state index in [1.807, 2.05) is 18.2 Å². The Labute approximate surface area is 196 Å². The Morgan fingerprint density at radius 1 is 1.06 bits per heavy atom. The lowest BCUT2D eigenvalue weighted by Crippen LogP contribution is -2.47. The van der Waals surface area contributed by atoms with Gasteiger partial charge in [-0.3, -0.25) is 9.69 Å². The van der Waals surface area contributed by atoms with Crippen LogP contribution in [-0.2, 0) is 11.3 Å². The number of furan rings is 1. The van der Waals surface area contributed by atoms with Crippen molar-refractivity contribution in [3.05, 3.63) is 83.3 Å². The molecule has 2 aromatic carbocycles. The van der Waals surface area contributed by atoms with Crippen molar-refractivity contribution in [1.29, 1.82) is 0 Å². The predicted octanol–water partition coefficient (Wildman–Crippen LogP) is 4.21. The molecule has 8 nitrogen and oxygen atoms in total. The number of hydrogen-bond donors (Lipinski definition) is 3. The molecule has 1 unspecified atom stereocenters. The van der Waals surface area contributed by atoms with Gasteiger partial charge in [0, 0.05) is 31.9 Å². The van der Waals surface area contributed by atoms with Gasteiger partial charge >= 0.3 is 6.03 Å². The molecule has 1 fully saturated rings. The smallest absolute Gasteiger partial charge is 0.319 e. The van der Waals surface area contributed by atoms with Crippen LogP contribution in [0.25, 0.3) is 0 Å². The number of halogens is 1. The number of carbonyl (C=O) groups is 2. The molecule has 3 amide bonds. The number of ether oxygens (including phenoxy) is 1. The molecule has 1 atom stereocenters. The Morgan fingerprint density at radius 2 is 1.91 bits per heavy atom. The topological polar surface area (TPSA) is 95.8 Å². The van der Waals surface area contributed by atoms with E-state index in [9.17, 15) is 9.59 Å². The Balaban J connectivity index is 1.24. The lowest BCUT2D eigenvalue weighted by atomic mass is 10.2. The van der Waals surface area contributed by atoms with Crippen LogP contribution in [0.1, 0.15) is 16.1 Å². The molecular weight excluding hydrogens is 444 g/mol. The van der Waals surface area contributed by atoms with Crippen LogP contribution in [0.5, 0.6) is 0 Å². The van der Waals surface area contributed by atoms with Crippen LogP contribution in [0.15, 0.2) is 71.3 Å². The minimum atomic E-state index is -0.408. The number of hydrogen-bond acceptors (Lipinski definition) is 5. The number of rotatable bonds is 7. The van der Waals surface area contributed by atoms with Crippen LogP contribution < -0.4 is 16.0 Å². The second kappa shape index (κ2) is 11.0. The highest BCUT2D eigenvalue weighted by Crippen LogP contribution is 2.26. The third-order valence-electron chi connectivity index (χ3n) is 5.18. The third-order valence-corrected chi connectivity index (χ3v) is 5.50. The molecule has 0 saturated carbocycles. The van der Waals surface area contributed by atoms with E-state index in [4.69, 9.17) is 20.8 Å². The van der Waals surface area contributed by atoms with E-state index >= 15 is 0 Å². The zero-order chi connectivity index (χ0) is 23.0. The number of morpholine rings is 1. The number of nitrogens with zero attached hydrogens (tertiary/aromatic N) is 1. The minimum Gasteiger partial charge on any atom is -0.459 e. The molecule has 0 aliphatic carbocycles. The maximum Gasteiger partial charge on any atom is 0.319 e. The minimum absolute atomic E-state index is 0.0870. The molecular formula is C24H25ClN4O4. The Kier molecular flexibility index (Phi) is 7.62. The number of benzene rings is 2. The molecule has 33 heavy (non-hydrogen) atoms. The van der Waals surface area contributed by atoms with Gasteiger partial charge in [-0.15, -0.1) is 0 Å². The SMILES string of the molecule is O=C(NCC1CN(Cc2ccccc2)CCO1)Nc1ccc(NC(=O)c2ccco2)c(Cl)c1. The fourth-order valence-corrected chi connectivity index (χ4v) is 3.78. The van der Waals surface area contributed by atoms with Crippen molar-refractivity contribution in [1.82, 2.24) is 10.2 Å². The van der Waals surface area contributed by atoms with Gasteiger partial charge < -0.3 is 25.1 Å². The van der Waals surface area contributed by atoms with Crippen molar-refractivity contribution in [3.63, 3.8) is 0 Å². The molecule has 172 valence electrons. The molecule has 1 aromatic heterocycles. The van der Waals surface area contributed by atoms with Gasteiger partial charge in [0.05, 0.1) is 29.7 Å². The number of amides is 3. The van der Waals surface area contributed by atoms with Crippen LogP contribution in [0.3, 0.4) is 0 Å². The Morgan fingerprint density at radius 3 is 2.67 bits per heavy atom. The number of carbonyl (C=O) groups excluding carboxylic acids is 2. The van der Waals surface area contributed by atoms with Gasteiger partial charge in [0.1, 0.15) is 0 Å². The normalized spacial score (nSPS) is 16.2. The van der Waals surface area contributed by atoms with Crippen molar-refractivity contribution < 1.29 is 18.7 Å². The van der Waals surface area contributed by atoms with Gasteiger partial charge in [-0.1, -0.05) is 41.9 Å². The molecule has 0 radical (unpaired) electrons. The lowest BCUT2D eigenvalue weighted by Gasteiger charge is -2.33. The van der Waals surface area contributed by atoms with Crippen molar-refractivity contribution in [2.24, 2.45) is 0 Å². The molecule has 9 heteroatoms. The summed E-state index contributed by atoms with van der Waals surface area (Å²) in [6.07, 6.45) is 1.33. The van der Waals surface area contributed by atoms with E-state index in [-0.39, 0.29) is 17.9 Å². The molecule has 0 spiro atoms. The van der Waals surface area contributed by atoms with Crippen molar-refractivity contribution in [2.45, 2.75) is 12.6 Å². The highest BCUT2D eigenvalue weighted by molar-refractivity contribution is 6.34. The monoisotopic (exact) mass is 468 g/mol. The highest BCUT2D eigenvalue weighted by atomic mass is 35.5. The summed E-state index contributed by atoms with van der Waals surface area (Å²) in [6.45, 7) is 3.47. The lowest BCUT2D eigenvalue weighted by molar-refractivity contribution is -0.0285. The van der Waals surface area contributed by atoms with E-state index in [1.165, 1.54) is 11.8 Å². The zero-order valence-corrected chi connectivity index (χ0v) is 18.7. The van der Waals surface area contributed by atoms with Crippen LogP contribution in [0, 0.1) is 0 Å². The molecule has 1 saturated heterocycles. The summed E-state index contributed by atoms with van der Waals surface area (Å²) in [5.41, 5.74) is 2.17. The maximum absolute atomic E-state index is 12.3. The summed E-state index contributed by atoms with van der Waals surface area (Å²) in [7, 11) is 0. The first kappa shape index (κ1) is 22.8. The molecule has 2 heterocycles. The first-order valence-electron chi connectivity index (χ1n) is 10.6. The molecule has 0 bridgehead atoms. The fourth-order valence-electron chi connectivity index (χ4n) is 3.56. The number of anilines is 2. The Hall–Kier alpha value is -3.33.